The monoisotopic (exact) mass is 376 g/mol. The summed E-state index contributed by atoms with van der Waals surface area (Å²) in [6.45, 7) is 1.37. The summed E-state index contributed by atoms with van der Waals surface area (Å²) in [6.07, 6.45) is 0. The summed E-state index contributed by atoms with van der Waals surface area (Å²) >= 11 is 5.86. The van der Waals surface area contributed by atoms with Gasteiger partial charge in [-0.1, -0.05) is 16.8 Å². The third-order valence-corrected chi connectivity index (χ3v) is 3.64. The molecule has 0 aliphatic carbocycles. The van der Waals surface area contributed by atoms with Gasteiger partial charge in [0.25, 0.3) is 5.89 Å². The van der Waals surface area contributed by atoms with Crippen molar-refractivity contribution >= 4 is 17.6 Å². The molecule has 2 aromatic carbocycles. The first-order valence-corrected chi connectivity index (χ1v) is 8.02. The van der Waals surface area contributed by atoms with E-state index in [9.17, 15) is 9.18 Å². The number of rotatable bonds is 6. The van der Waals surface area contributed by atoms with Crippen LogP contribution in [-0.4, -0.2) is 22.7 Å². The Balaban J connectivity index is 1.51. The van der Waals surface area contributed by atoms with E-state index >= 15 is 0 Å². The molecular weight excluding hydrogens is 363 g/mol. The Kier molecular flexibility index (Phi) is 5.48. The first-order chi connectivity index (χ1) is 12.5. The van der Waals surface area contributed by atoms with Crippen LogP contribution in [-0.2, 0) is 16.1 Å². The Labute approximate surface area is 153 Å². The molecule has 3 rings (SSSR count). The molecule has 0 atom stereocenters. The fourth-order valence-corrected chi connectivity index (χ4v) is 2.35. The van der Waals surface area contributed by atoms with Crippen LogP contribution in [0.15, 0.2) is 47.0 Å². The van der Waals surface area contributed by atoms with Crippen molar-refractivity contribution in [3.63, 3.8) is 0 Å². The van der Waals surface area contributed by atoms with Gasteiger partial charge >= 0.3 is 5.97 Å². The van der Waals surface area contributed by atoms with E-state index in [0.717, 1.165) is 5.56 Å². The summed E-state index contributed by atoms with van der Waals surface area (Å²) in [6, 6.07) is 10.7. The minimum Gasteiger partial charge on any atom is -0.482 e. The second-order valence-electron chi connectivity index (χ2n) is 5.38. The first kappa shape index (κ1) is 17.9. The number of aryl methyl sites for hydroxylation is 1. The quantitative estimate of drug-likeness (QED) is 0.606. The van der Waals surface area contributed by atoms with Crippen molar-refractivity contribution < 1.29 is 23.2 Å². The number of ether oxygens (including phenoxy) is 2. The number of esters is 1. The zero-order valence-electron chi connectivity index (χ0n) is 13.7. The van der Waals surface area contributed by atoms with Gasteiger partial charge in [-0.15, -0.1) is 0 Å². The molecule has 0 radical (unpaired) electrons. The molecule has 1 aromatic heterocycles. The molecule has 0 amide bonds. The van der Waals surface area contributed by atoms with E-state index in [1.807, 2.05) is 6.92 Å². The van der Waals surface area contributed by atoms with Gasteiger partial charge in [0.2, 0.25) is 5.82 Å². The van der Waals surface area contributed by atoms with Gasteiger partial charge in [-0.3, -0.25) is 0 Å². The lowest BCUT2D eigenvalue weighted by molar-refractivity contribution is -0.148. The fourth-order valence-electron chi connectivity index (χ4n) is 2.13. The minimum absolute atomic E-state index is 0.125. The third kappa shape index (κ3) is 4.58. The maximum Gasteiger partial charge on any atom is 0.344 e. The lowest BCUT2D eigenvalue weighted by atomic mass is 10.2. The molecule has 1 heterocycles. The zero-order chi connectivity index (χ0) is 18.5. The van der Waals surface area contributed by atoms with Crippen molar-refractivity contribution in [2.45, 2.75) is 13.5 Å². The maximum absolute atomic E-state index is 12.9. The van der Waals surface area contributed by atoms with Crippen LogP contribution in [0.1, 0.15) is 11.5 Å². The topological polar surface area (TPSA) is 74.5 Å². The van der Waals surface area contributed by atoms with Crippen molar-refractivity contribution in [2.24, 2.45) is 0 Å². The van der Waals surface area contributed by atoms with E-state index in [1.54, 1.807) is 18.2 Å². The number of hydrogen-bond donors (Lipinski definition) is 0. The van der Waals surface area contributed by atoms with Crippen LogP contribution in [0.25, 0.3) is 11.4 Å². The second-order valence-corrected chi connectivity index (χ2v) is 5.81. The van der Waals surface area contributed by atoms with Crippen LogP contribution in [0, 0.1) is 12.7 Å². The highest BCUT2D eigenvalue weighted by Gasteiger charge is 2.12. The molecule has 0 bridgehead atoms. The Bertz CT molecular complexity index is 912. The van der Waals surface area contributed by atoms with E-state index in [0.29, 0.717) is 16.3 Å². The highest BCUT2D eigenvalue weighted by Crippen LogP contribution is 2.21. The second kappa shape index (κ2) is 7.97. The highest BCUT2D eigenvalue weighted by atomic mass is 35.5. The van der Waals surface area contributed by atoms with Crippen molar-refractivity contribution in [3.8, 4) is 17.1 Å². The number of halogens is 2. The van der Waals surface area contributed by atoms with Gasteiger partial charge in [0.05, 0.1) is 0 Å². The van der Waals surface area contributed by atoms with Gasteiger partial charge in [0.15, 0.2) is 13.2 Å². The Morgan fingerprint density at radius 3 is 2.73 bits per heavy atom. The molecule has 0 spiro atoms. The predicted molar refractivity (Wildman–Crippen MR) is 91.2 cm³/mol. The molecule has 0 saturated heterocycles. The van der Waals surface area contributed by atoms with E-state index in [-0.39, 0.29) is 30.7 Å². The van der Waals surface area contributed by atoms with Crippen LogP contribution < -0.4 is 4.74 Å². The summed E-state index contributed by atoms with van der Waals surface area (Å²) in [5.41, 5.74) is 1.40. The van der Waals surface area contributed by atoms with Gasteiger partial charge in [-0.2, -0.15) is 4.98 Å². The average Bonchev–Trinajstić information content (AvgIpc) is 3.09. The van der Waals surface area contributed by atoms with Crippen molar-refractivity contribution in [1.29, 1.82) is 0 Å². The van der Waals surface area contributed by atoms with Gasteiger partial charge in [0, 0.05) is 10.6 Å². The Morgan fingerprint density at radius 1 is 1.23 bits per heavy atom. The number of aromatic nitrogens is 2. The van der Waals surface area contributed by atoms with Crippen LogP contribution in [0.2, 0.25) is 5.02 Å². The molecular formula is C18H14ClFN2O4. The molecule has 0 saturated carbocycles. The van der Waals surface area contributed by atoms with E-state index in [1.165, 1.54) is 24.3 Å². The van der Waals surface area contributed by atoms with E-state index in [2.05, 4.69) is 10.1 Å². The lowest BCUT2D eigenvalue weighted by Gasteiger charge is -2.08. The molecule has 134 valence electrons. The third-order valence-electron chi connectivity index (χ3n) is 3.41. The fraction of sp³-hybridized carbons (Fsp3) is 0.167. The van der Waals surface area contributed by atoms with Gasteiger partial charge in [-0.25, -0.2) is 9.18 Å². The van der Waals surface area contributed by atoms with Gasteiger partial charge in [-0.05, 0) is 55.0 Å². The zero-order valence-corrected chi connectivity index (χ0v) is 14.5. The molecule has 3 aromatic rings. The van der Waals surface area contributed by atoms with E-state index < -0.39 is 5.97 Å². The van der Waals surface area contributed by atoms with E-state index in [4.69, 9.17) is 25.6 Å². The largest absolute Gasteiger partial charge is 0.482 e. The Hall–Kier alpha value is -2.93. The number of hydrogen-bond acceptors (Lipinski definition) is 6. The standard InChI is InChI=1S/C18H14ClFN2O4/c1-11-8-13(19)4-7-15(11)24-10-17(23)25-9-16-21-18(22-26-16)12-2-5-14(20)6-3-12/h2-8H,9-10H2,1H3. The Morgan fingerprint density at radius 2 is 2.00 bits per heavy atom. The number of nitrogens with zero attached hydrogens (tertiary/aromatic N) is 2. The average molecular weight is 377 g/mol. The van der Waals surface area contributed by atoms with Crippen LogP contribution in [0.5, 0.6) is 5.75 Å². The predicted octanol–water partition coefficient (Wildman–Crippen LogP) is 3.96. The van der Waals surface area contributed by atoms with Crippen molar-refractivity contribution in [2.75, 3.05) is 6.61 Å². The van der Waals surface area contributed by atoms with Crippen LogP contribution in [0.3, 0.4) is 0 Å². The summed E-state index contributed by atoms with van der Waals surface area (Å²) in [5, 5.41) is 4.35. The molecule has 0 aliphatic rings. The highest BCUT2D eigenvalue weighted by molar-refractivity contribution is 6.30. The van der Waals surface area contributed by atoms with Crippen LogP contribution in [0.4, 0.5) is 4.39 Å². The van der Waals surface area contributed by atoms with Gasteiger partial charge < -0.3 is 14.0 Å². The SMILES string of the molecule is Cc1cc(Cl)ccc1OCC(=O)OCc1nc(-c2ccc(F)cc2)no1. The molecule has 0 unspecified atom stereocenters. The number of carbonyl (C=O) groups excluding carboxylic acids is 1. The molecule has 8 heteroatoms. The summed E-state index contributed by atoms with van der Waals surface area (Å²) in [7, 11) is 0. The molecule has 0 N–H and O–H groups in total. The summed E-state index contributed by atoms with van der Waals surface area (Å²) in [4.78, 5) is 15.9. The van der Waals surface area contributed by atoms with Gasteiger partial charge in [0.1, 0.15) is 11.6 Å². The number of benzene rings is 2. The number of carbonyl (C=O) groups is 1. The maximum atomic E-state index is 12.9. The molecule has 0 fully saturated rings. The van der Waals surface area contributed by atoms with Crippen LogP contribution >= 0.6 is 11.6 Å². The van der Waals surface area contributed by atoms with Crippen molar-refractivity contribution in [1.82, 2.24) is 10.1 Å². The summed E-state index contributed by atoms with van der Waals surface area (Å²) < 4.78 is 28.4. The normalized spacial score (nSPS) is 10.6. The minimum atomic E-state index is -0.583. The van der Waals surface area contributed by atoms with Crippen molar-refractivity contribution in [3.05, 3.63) is 64.8 Å². The smallest absolute Gasteiger partial charge is 0.344 e. The molecule has 26 heavy (non-hydrogen) atoms. The first-order valence-electron chi connectivity index (χ1n) is 7.64. The molecule has 6 nitrogen and oxygen atoms in total. The lowest BCUT2D eigenvalue weighted by Crippen LogP contribution is -2.15. The molecule has 0 aliphatic heterocycles. The summed E-state index contributed by atoms with van der Waals surface area (Å²) in [5.74, 6) is 0.00961.